The summed E-state index contributed by atoms with van der Waals surface area (Å²) >= 11 is 0. The molecular weight excluding hydrogens is 236 g/mol. The van der Waals surface area contributed by atoms with E-state index in [-0.39, 0.29) is 18.3 Å². The van der Waals surface area contributed by atoms with Crippen LogP contribution < -0.4 is 10.6 Å². The number of hydrogen-bond acceptors (Lipinski definition) is 4. The predicted molar refractivity (Wildman–Crippen MR) is 65.7 cm³/mol. The average molecular weight is 250 g/mol. The summed E-state index contributed by atoms with van der Waals surface area (Å²) in [5.74, 6) is -0.0283. The number of ether oxygens (including phenoxy) is 1. The molecule has 2 amide bonds. The summed E-state index contributed by atoms with van der Waals surface area (Å²) in [6.07, 6.45) is 0.180. The number of aromatic hydroxyl groups is 1. The lowest BCUT2D eigenvalue weighted by molar-refractivity contribution is -0.116. The molecule has 1 aromatic carbocycles. The zero-order chi connectivity index (χ0) is 13.1. The minimum Gasteiger partial charge on any atom is -0.508 e. The molecule has 3 N–H and O–H groups in total. The molecule has 1 aromatic rings. The van der Waals surface area contributed by atoms with Crippen LogP contribution in [0.25, 0.3) is 0 Å². The van der Waals surface area contributed by atoms with E-state index in [0.717, 1.165) is 0 Å². The van der Waals surface area contributed by atoms with Crippen molar-refractivity contribution in [3.05, 3.63) is 17.7 Å². The summed E-state index contributed by atoms with van der Waals surface area (Å²) in [6.45, 7) is 1.96. The lowest BCUT2D eigenvalue weighted by Gasteiger charge is -2.21. The van der Waals surface area contributed by atoms with Crippen molar-refractivity contribution in [3.8, 4) is 5.75 Å². The zero-order valence-corrected chi connectivity index (χ0v) is 9.95. The summed E-state index contributed by atoms with van der Waals surface area (Å²) in [5, 5.41) is 14.9. The number of fused-ring (bicyclic) bond motifs is 1. The lowest BCUT2D eigenvalue weighted by atomic mass is 10.0. The first kappa shape index (κ1) is 12.2. The minimum absolute atomic E-state index is 0.111. The van der Waals surface area contributed by atoms with E-state index >= 15 is 0 Å². The normalized spacial score (nSPS) is 13.5. The molecule has 0 aromatic heterocycles. The van der Waals surface area contributed by atoms with E-state index < -0.39 is 6.09 Å². The first-order valence-corrected chi connectivity index (χ1v) is 5.70. The number of phenols is 1. The van der Waals surface area contributed by atoms with Gasteiger partial charge in [-0.1, -0.05) is 0 Å². The number of rotatable bonds is 2. The average Bonchev–Trinajstić information content (AvgIpc) is 2.33. The third-order valence-corrected chi connectivity index (χ3v) is 2.67. The van der Waals surface area contributed by atoms with Crippen LogP contribution in [-0.2, 0) is 16.0 Å². The number of anilines is 2. The van der Waals surface area contributed by atoms with E-state index in [1.54, 1.807) is 6.92 Å². The van der Waals surface area contributed by atoms with Gasteiger partial charge in [0.1, 0.15) is 5.75 Å². The monoisotopic (exact) mass is 250 g/mol. The first-order valence-electron chi connectivity index (χ1n) is 5.70. The van der Waals surface area contributed by atoms with Crippen LogP contribution in [0, 0.1) is 0 Å². The van der Waals surface area contributed by atoms with Crippen molar-refractivity contribution in [1.82, 2.24) is 0 Å². The highest BCUT2D eigenvalue weighted by Crippen LogP contribution is 2.36. The molecule has 18 heavy (non-hydrogen) atoms. The fraction of sp³-hybridized carbons (Fsp3) is 0.333. The van der Waals surface area contributed by atoms with E-state index in [1.165, 1.54) is 12.1 Å². The number of carbonyl (C=O) groups excluding carboxylic acids is 2. The van der Waals surface area contributed by atoms with Gasteiger partial charge in [0.15, 0.2) is 0 Å². The fourth-order valence-corrected chi connectivity index (χ4v) is 1.85. The minimum atomic E-state index is -0.592. The van der Waals surface area contributed by atoms with Crippen LogP contribution in [0.3, 0.4) is 0 Å². The lowest BCUT2D eigenvalue weighted by Crippen LogP contribution is -2.22. The fourth-order valence-electron chi connectivity index (χ4n) is 1.85. The predicted octanol–water partition coefficient (Wildman–Crippen LogP) is 1.85. The Kier molecular flexibility index (Phi) is 3.36. The van der Waals surface area contributed by atoms with Gasteiger partial charge in [-0.25, -0.2) is 4.79 Å². The van der Waals surface area contributed by atoms with Crippen LogP contribution in [-0.4, -0.2) is 23.7 Å². The van der Waals surface area contributed by atoms with Crippen molar-refractivity contribution in [2.24, 2.45) is 0 Å². The van der Waals surface area contributed by atoms with E-state index in [1.807, 2.05) is 0 Å². The second-order valence-electron chi connectivity index (χ2n) is 3.88. The molecule has 0 fully saturated rings. The standard InChI is InChI=1S/C12H14N2O4/c1-2-18-12(17)13-8-4-5-9(15)7-3-6-10(16)14-11(7)8/h4-5,15H,2-3,6H2,1H3,(H,13,17)(H,14,16). The van der Waals surface area contributed by atoms with Crippen LogP contribution in [0.1, 0.15) is 18.9 Å². The van der Waals surface area contributed by atoms with E-state index in [4.69, 9.17) is 4.74 Å². The van der Waals surface area contributed by atoms with Gasteiger partial charge in [-0.15, -0.1) is 0 Å². The van der Waals surface area contributed by atoms with Crippen molar-refractivity contribution in [2.45, 2.75) is 19.8 Å². The smallest absolute Gasteiger partial charge is 0.411 e. The Labute approximate surface area is 104 Å². The first-order chi connectivity index (χ1) is 8.61. The Morgan fingerprint density at radius 3 is 3.00 bits per heavy atom. The summed E-state index contributed by atoms with van der Waals surface area (Å²) in [5.41, 5.74) is 1.50. The van der Waals surface area contributed by atoms with Crippen molar-refractivity contribution in [3.63, 3.8) is 0 Å². The van der Waals surface area contributed by atoms with Gasteiger partial charge in [0.2, 0.25) is 5.91 Å². The number of nitrogens with one attached hydrogen (secondary N) is 2. The summed E-state index contributed by atoms with van der Waals surface area (Å²) in [6, 6.07) is 3.01. The summed E-state index contributed by atoms with van der Waals surface area (Å²) < 4.78 is 4.77. The Hall–Kier alpha value is -2.24. The van der Waals surface area contributed by atoms with E-state index in [9.17, 15) is 14.7 Å². The molecular formula is C12H14N2O4. The molecule has 1 aliphatic heterocycles. The van der Waals surface area contributed by atoms with Gasteiger partial charge in [0.05, 0.1) is 18.0 Å². The Balaban J connectivity index is 2.31. The molecule has 1 heterocycles. The Morgan fingerprint density at radius 2 is 2.28 bits per heavy atom. The van der Waals surface area contributed by atoms with Crippen LogP contribution in [0.4, 0.5) is 16.2 Å². The van der Waals surface area contributed by atoms with Gasteiger partial charge < -0.3 is 15.2 Å². The van der Waals surface area contributed by atoms with Crippen LogP contribution in [0.5, 0.6) is 5.75 Å². The second-order valence-corrected chi connectivity index (χ2v) is 3.88. The number of phenolic OH excluding ortho intramolecular Hbond substituents is 1. The van der Waals surface area contributed by atoms with Crippen molar-refractivity contribution >= 4 is 23.4 Å². The quantitative estimate of drug-likeness (QED) is 0.699. The molecule has 0 spiro atoms. The van der Waals surface area contributed by atoms with E-state index in [2.05, 4.69) is 10.6 Å². The molecule has 0 bridgehead atoms. The van der Waals surface area contributed by atoms with Crippen LogP contribution >= 0.6 is 0 Å². The van der Waals surface area contributed by atoms with Gasteiger partial charge in [-0.05, 0) is 25.5 Å². The molecule has 0 radical (unpaired) electrons. The number of hydrogen-bond donors (Lipinski definition) is 3. The van der Waals surface area contributed by atoms with Crippen molar-refractivity contribution in [2.75, 3.05) is 17.2 Å². The van der Waals surface area contributed by atoms with Crippen LogP contribution in [0.2, 0.25) is 0 Å². The second kappa shape index (κ2) is 4.95. The third-order valence-electron chi connectivity index (χ3n) is 2.67. The maximum Gasteiger partial charge on any atom is 0.411 e. The molecule has 2 rings (SSSR count). The van der Waals surface area contributed by atoms with Gasteiger partial charge in [0.25, 0.3) is 0 Å². The van der Waals surface area contributed by atoms with Crippen molar-refractivity contribution < 1.29 is 19.4 Å². The van der Waals surface area contributed by atoms with Gasteiger partial charge >= 0.3 is 6.09 Å². The highest BCUT2D eigenvalue weighted by Gasteiger charge is 2.21. The SMILES string of the molecule is CCOC(=O)Nc1ccc(O)c2c1NC(=O)CC2. The maximum absolute atomic E-state index is 11.4. The molecule has 0 atom stereocenters. The highest BCUT2D eigenvalue weighted by molar-refractivity contribution is 6.01. The molecule has 6 nitrogen and oxygen atoms in total. The topological polar surface area (TPSA) is 87.7 Å². The van der Waals surface area contributed by atoms with Gasteiger partial charge in [-0.2, -0.15) is 0 Å². The third kappa shape index (κ3) is 2.37. The molecule has 1 aliphatic rings. The molecule has 0 saturated carbocycles. The Morgan fingerprint density at radius 1 is 1.50 bits per heavy atom. The molecule has 0 aliphatic carbocycles. The number of benzene rings is 1. The van der Waals surface area contributed by atoms with Gasteiger partial charge in [0, 0.05) is 12.0 Å². The number of carbonyl (C=O) groups is 2. The highest BCUT2D eigenvalue weighted by atomic mass is 16.5. The summed E-state index contributed by atoms with van der Waals surface area (Å²) in [4.78, 5) is 22.7. The maximum atomic E-state index is 11.4. The zero-order valence-electron chi connectivity index (χ0n) is 9.95. The molecule has 0 saturated heterocycles. The largest absolute Gasteiger partial charge is 0.508 e. The summed E-state index contributed by atoms with van der Waals surface area (Å²) in [7, 11) is 0. The van der Waals surface area contributed by atoms with Crippen molar-refractivity contribution in [1.29, 1.82) is 0 Å². The number of amides is 2. The Bertz CT molecular complexity index is 499. The van der Waals surface area contributed by atoms with Gasteiger partial charge in [-0.3, -0.25) is 10.1 Å². The van der Waals surface area contributed by atoms with Crippen LogP contribution in [0.15, 0.2) is 12.1 Å². The molecule has 96 valence electrons. The molecule has 6 heteroatoms. The molecule has 0 unspecified atom stereocenters. The van der Waals surface area contributed by atoms with E-state index in [0.29, 0.717) is 29.8 Å².